The van der Waals surface area contributed by atoms with Crippen molar-refractivity contribution in [2.24, 2.45) is 0 Å². The zero-order valence-corrected chi connectivity index (χ0v) is 13.1. The smallest absolute Gasteiger partial charge is 0.231 e. The quantitative estimate of drug-likeness (QED) is 0.736. The van der Waals surface area contributed by atoms with E-state index in [9.17, 15) is 4.79 Å². The number of benzene rings is 2. The molecule has 0 saturated heterocycles. The lowest BCUT2D eigenvalue weighted by atomic mass is 10.0. The van der Waals surface area contributed by atoms with E-state index in [0.717, 1.165) is 0 Å². The van der Waals surface area contributed by atoms with Crippen LogP contribution in [0.25, 0.3) is 22.1 Å². The summed E-state index contributed by atoms with van der Waals surface area (Å²) in [6.45, 7) is 0.179. The zero-order valence-electron chi connectivity index (χ0n) is 13.1. The van der Waals surface area contributed by atoms with Gasteiger partial charge in [-0.2, -0.15) is 0 Å². The van der Waals surface area contributed by atoms with E-state index in [-0.39, 0.29) is 12.2 Å². The summed E-state index contributed by atoms with van der Waals surface area (Å²) in [5, 5.41) is 0.369. The van der Waals surface area contributed by atoms with Crippen LogP contribution in [0, 0.1) is 0 Å². The summed E-state index contributed by atoms with van der Waals surface area (Å²) in [4.78, 5) is 13.0. The van der Waals surface area contributed by atoms with E-state index in [2.05, 4.69) is 0 Å². The fourth-order valence-corrected chi connectivity index (χ4v) is 2.74. The Labute approximate surface area is 137 Å². The summed E-state index contributed by atoms with van der Waals surface area (Å²) in [5.74, 6) is 2.22. The first-order chi connectivity index (χ1) is 11.7. The number of hydrogen-bond donors (Lipinski definition) is 0. The molecule has 0 unspecified atom stereocenters. The Hall–Kier alpha value is -3.15. The molecular formula is C18H14O6. The third kappa shape index (κ3) is 2.15. The van der Waals surface area contributed by atoms with Crippen molar-refractivity contribution < 1.29 is 23.4 Å². The van der Waals surface area contributed by atoms with Gasteiger partial charge in [0.15, 0.2) is 11.5 Å². The minimum atomic E-state index is -0.186. The third-order valence-corrected chi connectivity index (χ3v) is 3.95. The monoisotopic (exact) mass is 326 g/mol. The molecule has 0 aliphatic carbocycles. The van der Waals surface area contributed by atoms with Crippen LogP contribution in [0.4, 0.5) is 0 Å². The molecule has 1 aromatic heterocycles. The number of hydrogen-bond acceptors (Lipinski definition) is 6. The highest BCUT2D eigenvalue weighted by Gasteiger charge is 2.18. The van der Waals surface area contributed by atoms with Crippen molar-refractivity contribution in [3.63, 3.8) is 0 Å². The highest BCUT2D eigenvalue weighted by molar-refractivity contribution is 5.88. The average molecular weight is 326 g/mol. The molecule has 1 aliphatic heterocycles. The lowest BCUT2D eigenvalue weighted by molar-refractivity contribution is 0.174. The van der Waals surface area contributed by atoms with Gasteiger partial charge in [-0.3, -0.25) is 4.79 Å². The minimum absolute atomic E-state index is 0.179. The van der Waals surface area contributed by atoms with Gasteiger partial charge >= 0.3 is 0 Å². The number of methoxy groups -OCH3 is 2. The van der Waals surface area contributed by atoms with Crippen molar-refractivity contribution in [3.8, 4) is 34.1 Å². The fraction of sp³-hybridized carbons (Fsp3) is 0.167. The molecule has 2 heterocycles. The Kier molecular flexibility index (Phi) is 3.30. The van der Waals surface area contributed by atoms with Crippen LogP contribution in [0.15, 0.2) is 45.8 Å². The molecule has 1 aliphatic rings. The molecule has 0 atom stereocenters. The largest absolute Gasteiger partial charge is 0.496 e. The lowest BCUT2D eigenvalue weighted by Crippen LogP contribution is -2.06. The van der Waals surface area contributed by atoms with Crippen molar-refractivity contribution in [1.29, 1.82) is 0 Å². The second-order valence-electron chi connectivity index (χ2n) is 5.25. The summed E-state index contributed by atoms with van der Waals surface area (Å²) in [7, 11) is 3.04. The van der Waals surface area contributed by atoms with Crippen LogP contribution in [0.5, 0.6) is 23.0 Å². The van der Waals surface area contributed by atoms with Crippen molar-refractivity contribution in [2.45, 2.75) is 0 Å². The van der Waals surface area contributed by atoms with E-state index in [1.54, 1.807) is 37.4 Å². The predicted octanol–water partition coefficient (Wildman–Crippen LogP) is 3.21. The van der Waals surface area contributed by atoms with E-state index in [0.29, 0.717) is 45.1 Å². The second kappa shape index (κ2) is 5.49. The SMILES string of the molecule is COc1cc(OC)c2c(=O)c(-c3ccc4c(c3)OCO4)coc2c1. The molecule has 4 rings (SSSR count). The van der Waals surface area contributed by atoms with Crippen molar-refractivity contribution >= 4 is 11.0 Å². The molecule has 0 bridgehead atoms. The Morgan fingerprint density at radius 1 is 1.00 bits per heavy atom. The van der Waals surface area contributed by atoms with Crippen molar-refractivity contribution in [2.75, 3.05) is 21.0 Å². The lowest BCUT2D eigenvalue weighted by Gasteiger charge is -2.09. The van der Waals surface area contributed by atoms with E-state index in [1.807, 2.05) is 0 Å². The van der Waals surface area contributed by atoms with Crippen LogP contribution >= 0.6 is 0 Å². The number of ether oxygens (including phenoxy) is 4. The van der Waals surface area contributed by atoms with Crippen molar-refractivity contribution in [1.82, 2.24) is 0 Å². The van der Waals surface area contributed by atoms with E-state index < -0.39 is 0 Å². The molecule has 2 aromatic carbocycles. The van der Waals surface area contributed by atoms with Crippen LogP contribution in [-0.2, 0) is 0 Å². The van der Waals surface area contributed by atoms with Crippen LogP contribution < -0.4 is 24.4 Å². The van der Waals surface area contributed by atoms with Gasteiger partial charge in [-0.05, 0) is 17.7 Å². The molecule has 0 fully saturated rings. The maximum Gasteiger partial charge on any atom is 0.231 e. The molecule has 24 heavy (non-hydrogen) atoms. The van der Waals surface area contributed by atoms with Crippen molar-refractivity contribution in [3.05, 3.63) is 46.8 Å². The summed E-state index contributed by atoms with van der Waals surface area (Å²) in [6.07, 6.45) is 1.43. The molecule has 0 radical (unpaired) electrons. The minimum Gasteiger partial charge on any atom is -0.496 e. The van der Waals surface area contributed by atoms with Gasteiger partial charge in [-0.1, -0.05) is 6.07 Å². The first-order valence-electron chi connectivity index (χ1n) is 7.29. The first kappa shape index (κ1) is 14.4. The van der Waals surface area contributed by atoms with Gasteiger partial charge in [-0.15, -0.1) is 0 Å². The van der Waals surface area contributed by atoms with E-state index >= 15 is 0 Å². The topological polar surface area (TPSA) is 67.1 Å². The van der Waals surface area contributed by atoms with Gasteiger partial charge in [0, 0.05) is 12.1 Å². The van der Waals surface area contributed by atoms with Gasteiger partial charge < -0.3 is 23.4 Å². The van der Waals surface area contributed by atoms with Gasteiger partial charge in [-0.25, -0.2) is 0 Å². The summed E-state index contributed by atoms with van der Waals surface area (Å²) >= 11 is 0. The Morgan fingerprint density at radius 3 is 2.62 bits per heavy atom. The molecule has 122 valence electrons. The van der Waals surface area contributed by atoms with Crippen LogP contribution in [0.2, 0.25) is 0 Å². The first-order valence-corrected chi connectivity index (χ1v) is 7.29. The normalized spacial score (nSPS) is 12.4. The predicted molar refractivity (Wildman–Crippen MR) is 87.1 cm³/mol. The second-order valence-corrected chi connectivity index (χ2v) is 5.25. The standard InChI is InChI=1S/C18H14O6/c1-20-11-6-15(21-2)17-16(7-11)22-8-12(18(17)19)10-3-4-13-14(5-10)24-9-23-13/h3-8H,9H2,1-2H3. The molecule has 0 saturated carbocycles. The van der Waals surface area contributed by atoms with E-state index in [1.165, 1.54) is 13.4 Å². The Balaban J connectivity index is 1.94. The maximum atomic E-state index is 13.0. The van der Waals surface area contributed by atoms with E-state index in [4.69, 9.17) is 23.4 Å². The zero-order chi connectivity index (χ0) is 16.7. The summed E-state index contributed by atoms with van der Waals surface area (Å²) in [5.41, 5.74) is 1.33. The summed E-state index contributed by atoms with van der Waals surface area (Å²) in [6, 6.07) is 8.63. The third-order valence-electron chi connectivity index (χ3n) is 3.95. The van der Waals surface area contributed by atoms with Gasteiger partial charge in [0.05, 0.1) is 19.8 Å². The molecule has 0 N–H and O–H groups in total. The number of rotatable bonds is 3. The van der Waals surface area contributed by atoms with Crippen LogP contribution in [-0.4, -0.2) is 21.0 Å². The molecule has 6 heteroatoms. The highest BCUT2D eigenvalue weighted by atomic mass is 16.7. The molecule has 3 aromatic rings. The Bertz CT molecular complexity index is 989. The van der Waals surface area contributed by atoms with Crippen LogP contribution in [0.3, 0.4) is 0 Å². The summed E-state index contributed by atoms with van der Waals surface area (Å²) < 4.78 is 26.8. The molecule has 0 amide bonds. The average Bonchev–Trinajstić information content (AvgIpc) is 3.08. The van der Waals surface area contributed by atoms with Gasteiger partial charge in [0.25, 0.3) is 0 Å². The maximum absolute atomic E-state index is 13.0. The number of fused-ring (bicyclic) bond motifs is 2. The highest BCUT2D eigenvalue weighted by Crippen LogP contribution is 2.36. The fourth-order valence-electron chi connectivity index (χ4n) is 2.74. The van der Waals surface area contributed by atoms with Gasteiger partial charge in [0.1, 0.15) is 28.7 Å². The Morgan fingerprint density at radius 2 is 1.83 bits per heavy atom. The van der Waals surface area contributed by atoms with Crippen LogP contribution in [0.1, 0.15) is 0 Å². The van der Waals surface area contributed by atoms with Gasteiger partial charge in [0.2, 0.25) is 12.2 Å². The molecular weight excluding hydrogens is 312 g/mol. The molecule has 6 nitrogen and oxygen atoms in total. The molecule has 0 spiro atoms.